The highest BCUT2D eigenvalue weighted by Crippen LogP contribution is 2.09. The fourth-order valence-corrected chi connectivity index (χ4v) is 1.23. The molecule has 1 heterocycles. The molecular formula is C7H15N3. The molecule has 1 aliphatic rings. The van der Waals surface area contributed by atoms with Crippen LogP contribution in [0.25, 0.3) is 0 Å². The van der Waals surface area contributed by atoms with Crippen molar-refractivity contribution in [3.05, 3.63) is 0 Å². The van der Waals surface area contributed by atoms with Crippen molar-refractivity contribution in [2.24, 2.45) is 10.7 Å². The van der Waals surface area contributed by atoms with Gasteiger partial charge in [-0.2, -0.15) is 0 Å². The van der Waals surface area contributed by atoms with E-state index in [4.69, 9.17) is 5.73 Å². The van der Waals surface area contributed by atoms with Crippen LogP contribution in [-0.2, 0) is 0 Å². The summed E-state index contributed by atoms with van der Waals surface area (Å²) in [6, 6.07) is 0. The van der Waals surface area contributed by atoms with E-state index in [0.29, 0.717) is 0 Å². The van der Waals surface area contributed by atoms with Gasteiger partial charge in [0.2, 0.25) is 0 Å². The van der Waals surface area contributed by atoms with Gasteiger partial charge < -0.3 is 10.6 Å². The quantitative estimate of drug-likeness (QED) is 0.561. The van der Waals surface area contributed by atoms with E-state index in [1.807, 2.05) is 20.9 Å². The van der Waals surface area contributed by atoms with Crippen molar-refractivity contribution in [2.75, 3.05) is 20.1 Å². The Morgan fingerprint density at radius 2 is 2.20 bits per heavy atom. The molecule has 0 amide bonds. The summed E-state index contributed by atoms with van der Waals surface area (Å²) in [6.07, 6.45) is 0. The third kappa shape index (κ3) is 1.29. The monoisotopic (exact) mass is 141 g/mol. The van der Waals surface area contributed by atoms with Gasteiger partial charge in [-0.25, -0.2) is 0 Å². The van der Waals surface area contributed by atoms with Crippen molar-refractivity contribution in [3.8, 4) is 0 Å². The number of likely N-dealkylation sites (N-methyl/N-ethyl adjacent to an activating group) is 1. The van der Waals surface area contributed by atoms with Crippen LogP contribution in [0.5, 0.6) is 0 Å². The first kappa shape index (κ1) is 7.54. The smallest absolute Gasteiger partial charge is 0.118 e. The molecule has 0 unspecified atom stereocenters. The Balaban J connectivity index is 2.72. The molecule has 1 aliphatic heterocycles. The van der Waals surface area contributed by atoms with Gasteiger partial charge in [0.15, 0.2) is 0 Å². The Kier molecular flexibility index (Phi) is 1.68. The number of hydrogen-bond acceptors (Lipinski definition) is 3. The van der Waals surface area contributed by atoms with Crippen molar-refractivity contribution in [2.45, 2.75) is 19.4 Å². The lowest BCUT2D eigenvalue weighted by Crippen LogP contribution is -2.47. The first-order chi connectivity index (χ1) is 4.52. The van der Waals surface area contributed by atoms with Crippen LogP contribution < -0.4 is 5.73 Å². The molecular weight excluding hydrogens is 126 g/mol. The number of hydrogen-bond donors (Lipinski definition) is 1. The molecule has 3 heteroatoms. The third-order valence-corrected chi connectivity index (χ3v) is 1.63. The first-order valence-electron chi connectivity index (χ1n) is 3.57. The Morgan fingerprint density at radius 3 is 2.40 bits per heavy atom. The molecule has 3 nitrogen and oxygen atoms in total. The standard InChI is InChI=1S/C7H15N3/c1-7(2,8)6-9-4-5-10(6)3/h4-5,8H2,1-3H3. The molecule has 0 aliphatic carbocycles. The SMILES string of the molecule is CN1CCN=C1C(C)(C)N. The minimum Gasteiger partial charge on any atom is -0.360 e. The Hall–Kier alpha value is -0.570. The molecule has 0 fully saturated rings. The van der Waals surface area contributed by atoms with Crippen LogP contribution in [0, 0.1) is 0 Å². The highest BCUT2D eigenvalue weighted by atomic mass is 15.2. The van der Waals surface area contributed by atoms with Gasteiger partial charge in [0.05, 0.1) is 12.1 Å². The molecule has 1 rings (SSSR count). The van der Waals surface area contributed by atoms with Gasteiger partial charge in [0, 0.05) is 13.6 Å². The van der Waals surface area contributed by atoms with Gasteiger partial charge in [-0.1, -0.05) is 0 Å². The van der Waals surface area contributed by atoms with Crippen LogP contribution in [0.2, 0.25) is 0 Å². The van der Waals surface area contributed by atoms with E-state index in [1.54, 1.807) is 0 Å². The van der Waals surface area contributed by atoms with Gasteiger partial charge in [0.1, 0.15) is 5.84 Å². The zero-order valence-electron chi connectivity index (χ0n) is 6.89. The fourth-order valence-electron chi connectivity index (χ4n) is 1.23. The van der Waals surface area contributed by atoms with Gasteiger partial charge in [-0.15, -0.1) is 0 Å². The zero-order valence-corrected chi connectivity index (χ0v) is 6.89. The van der Waals surface area contributed by atoms with Crippen molar-refractivity contribution in [1.82, 2.24) is 4.90 Å². The molecule has 0 spiro atoms. The van der Waals surface area contributed by atoms with E-state index in [2.05, 4.69) is 9.89 Å². The largest absolute Gasteiger partial charge is 0.360 e. The lowest BCUT2D eigenvalue weighted by atomic mass is 10.1. The predicted molar refractivity (Wildman–Crippen MR) is 43.2 cm³/mol. The maximum Gasteiger partial charge on any atom is 0.118 e. The summed E-state index contributed by atoms with van der Waals surface area (Å²) in [5, 5.41) is 0. The highest BCUT2D eigenvalue weighted by molar-refractivity contribution is 5.91. The number of nitrogens with zero attached hydrogens (tertiary/aromatic N) is 2. The number of aliphatic imine (C=N–C) groups is 1. The predicted octanol–water partition coefficient (Wildman–Crippen LogP) is 0.0676. The van der Waals surface area contributed by atoms with Crippen molar-refractivity contribution in [3.63, 3.8) is 0 Å². The molecule has 58 valence electrons. The second-order valence-corrected chi connectivity index (χ2v) is 3.35. The normalized spacial score (nSPS) is 19.6. The number of nitrogens with two attached hydrogens (primary N) is 1. The maximum atomic E-state index is 5.86. The zero-order chi connectivity index (χ0) is 7.78. The van der Waals surface area contributed by atoms with Gasteiger partial charge in [-0.3, -0.25) is 4.99 Å². The van der Waals surface area contributed by atoms with Crippen LogP contribution in [0.15, 0.2) is 4.99 Å². The van der Waals surface area contributed by atoms with Crippen LogP contribution >= 0.6 is 0 Å². The lowest BCUT2D eigenvalue weighted by molar-refractivity contribution is 0.505. The molecule has 0 bridgehead atoms. The summed E-state index contributed by atoms with van der Waals surface area (Å²) in [6.45, 7) is 5.86. The summed E-state index contributed by atoms with van der Waals surface area (Å²) >= 11 is 0. The number of rotatable bonds is 1. The van der Waals surface area contributed by atoms with Crippen LogP contribution in [0.4, 0.5) is 0 Å². The average molecular weight is 141 g/mol. The second kappa shape index (κ2) is 2.23. The number of amidine groups is 1. The molecule has 0 aromatic rings. The summed E-state index contributed by atoms with van der Waals surface area (Å²) in [5.41, 5.74) is 5.59. The van der Waals surface area contributed by atoms with Gasteiger partial charge >= 0.3 is 0 Å². The molecule has 0 aromatic heterocycles. The van der Waals surface area contributed by atoms with Crippen LogP contribution in [0.1, 0.15) is 13.8 Å². The Labute approximate surface area is 61.9 Å². The summed E-state index contributed by atoms with van der Waals surface area (Å²) in [5.74, 6) is 1.02. The van der Waals surface area contributed by atoms with Crippen molar-refractivity contribution in [1.29, 1.82) is 0 Å². The van der Waals surface area contributed by atoms with Crippen LogP contribution in [-0.4, -0.2) is 36.4 Å². The lowest BCUT2D eigenvalue weighted by Gasteiger charge is -2.25. The molecule has 0 aromatic carbocycles. The van der Waals surface area contributed by atoms with E-state index >= 15 is 0 Å². The summed E-state index contributed by atoms with van der Waals surface area (Å²) in [4.78, 5) is 6.42. The first-order valence-corrected chi connectivity index (χ1v) is 3.57. The molecule has 10 heavy (non-hydrogen) atoms. The third-order valence-electron chi connectivity index (χ3n) is 1.63. The topological polar surface area (TPSA) is 41.6 Å². The van der Waals surface area contributed by atoms with E-state index < -0.39 is 0 Å². The average Bonchev–Trinajstić information content (AvgIpc) is 2.11. The maximum absolute atomic E-state index is 5.86. The highest BCUT2D eigenvalue weighted by Gasteiger charge is 2.25. The molecule has 0 saturated carbocycles. The minimum atomic E-state index is -0.273. The van der Waals surface area contributed by atoms with Crippen molar-refractivity contribution >= 4 is 5.84 Å². The van der Waals surface area contributed by atoms with E-state index in [0.717, 1.165) is 18.9 Å². The van der Waals surface area contributed by atoms with Gasteiger partial charge in [-0.05, 0) is 13.8 Å². The summed E-state index contributed by atoms with van der Waals surface area (Å²) < 4.78 is 0. The van der Waals surface area contributed by atoms with E-state index in [9.17, 15) is 0 Å². The molecule has 2 N–H and O–H groups in total. The van der Waals surface area contributed by atoms with Crippen LogP contribution in [0.3, 0.4) is 0 Å². The van der Waals surface area contributed by atoms with Crippen molar-refractivity contribution < 1.29 is 0 Å². The van der Waals surface area contributed by atoms with E-state index in [1.165, 1.54) is 0 Å². The minimum absolute atomic E-state index is 0.273. The molecule has 0 saturated heterocycles. The second-order valence-electron chi connectivity index (χ2n) is 3.35. The molecule has 0 atom stereocenters. The fraction of sp³-hybridized carbons (Fsp3) is 0.857. The Morgan fingerprint density at radius 1 is 1.60 bits per heavy atom. The van der Waals surface area contributed by atoms with E-state index in [-0.39, 0.29) is 5.54 Å². The summed E-state index contributed by atoms with van der Waals surface area (Å²) in [7, 11) is 2.03. The molecule has 0 radical (unpaired) electrons. The Bertz CT molecular complexity index is 155. The van der Waals surface area contributed by atoms with Gasteiger partial charge in [0.25, 0.3) is 0 Å².